The minimum atomic E-state index is -0.266. The Morgan fingerprint density at radius 2 is 2.04 bits per heavy atom. The number of aryl methyl sites for hydroxylation is 1. The molecule has 3 rings (SSSR count). The molecule has 1 heterocycles. The third-order valence-electron chi connectivity index (χ3n) is 3.12. The van der Waals surface area contributed by atoms with Gasteiger partial charge in [0.2, 0.25) is 11.7 Å². The number of carbonyl (C=O) groups is 1. The lowest BCUT2D eigenvalue weighted by atomic mass is 10.2. The molecule has 1 aromatic heterocycles. The molecule has 6 nitrogen and oxygen atoms in total. The van der Waals surface area contributed by atoms with Gasteiger partial charge >= 0.3 is 0 Å². The number of carbonyl (C=O) groups excluding carboxylic acids is 1. The summed E-state index contributed by atoms with van der Waals surface area (Å²) in [5, 5.41) is 7.19. The van der Waals surface area contributed by atoms with E-state index in [9.17, 15) is 4.79 Å². The van der Waals surface area contributed by atoms with Gasteiger partial charge in [-0.2, -0.15) is 4.98 Å². The maximum absolute atomic E-state index is 11.9. The zero-order valence-corrected chi connectivity index (χ0v) is 13.6. The van der Waals surface area contributed by atoms with Crippen molar-refractivity contribution in [3.63, 3.8) is 0 Å². The zero-order chi connectivity index (χ0) is 16.9. The maximum atomic E-state index is 11.9. The van der Waals surface area contributed by atoms with Crippen LogP contribution in [0.1, 0.15) is 5.89 Å². The number of halogens is 1. The van der Waals surface area contributed by atoms with Gasteiger partial charge in [0.1, 0.15) is 5.75 Å². The van der Waals surface area contributed by atoms with Crippen LogP contribution in [0.2, 0.25) is 5.02 Å². The molecule has 122 valence electrons. The highest BCUT2D eigenvalue weighted by molar-refractivity contribution is 6.30. The van der Waals surface area contributed by atoms with Crippen molar-refractivity contribution in [3.8, 4) is 17.1 Å². The van der Waals surface area contributed by atoms with Crippen LogP contribution in [0.3, 0.4) is 0 Å². The second kappa shape index (κ2) is 7.14. The van der Waals surface area contributed by atoms with Crippen LogP contribution in [0.25, 0.3) is 11.4 Å². The SMILES string of the molecule is Cc1nc(-c2cccc(OCC(=O)Nc3ccc(Cl)cc3)c2)no1. The lowest BCUT2D eigenvalue weighted by Crippen LogP contribution is -2.20. The number of amides is 1. The van der Waals surface area contributed by atoms with Gasteiger partial charge in [0.05, 0.1) is 0 Å². The standard InChI is InChI=1S/C17H14ClN3O3/c1-11-19-17(21-24-11)12-3-2-4-15(9-12)23-10-16(22)20-14-7-5-13(18)6-8-14/h2-9H,10H2,1H3,(H,20,22). The molecule has 0 aliphatic carbocycles. The number of ether oxygens (including phenoxy) is 1. The van der Waals surface area contributed by atoms with E-state index in [1.807, 2.05) is 6.07 Å². The van der Waals surface area contributed by atoms with Crippen LogP contribution in [0.15, 0.2) is 53.1 Å². The van der Waals surface area contributed by atoms with E-state index in [-0.39, 0.29) is 12.5 Å². The molecule has 0 spiro atoms. The van der Waals surface area contributed by atoms with Crippen LogP contribution < -0.4 is 10.1 Å². The van der Waals surface area contributed by atoms with E-state index in [0.29, 0.717) is 28.2 Å². The van der Waals surface area contributed by atoms with Crippen molar-refractivity contribution < 1.29 is 14.1 Å². The monoisotopic (exact) mass is 343 g/mol. The average Bonchev–Trinajstić information content (AvgIpc) is 3.02. The van der Waals surface area contributed by atoms with E-state index >= 15 is 0 Å². The van der Waals surface area contributed by atoms with E-state index in [0.717, 1.165) is 5.56 Å². The molecule has 24 heavy (non-hydrogen) atoms. The second-order valence-corrected chi connectivity index (χ2v) is 5.45. The maximum Gasteiger partial charge on any atom is 0.262 e. The van der Waals surface area contributed by atoms with Crippen molar-refractivity contribution in [3.05, 3.63) is 59.4 Å². The summed E-state index contributed by atoms with van der Waals surface area (Å²) in [6, 6.07) is 14.0. The number of rotatable bonds is 5. The number of hydrogen-bond donors (Lipinski definition) is 1. The predicted molar refractivity (Wildman–Crippen MR) is 90.0 cm³/mol. The van der Waals surface area contributed by atoms with Gasteiger partial charge in [-0.25, -0.2) is 0 Å². The van der Waals surface area contributed by atoms with Crippen LogP contribution in [-0.4, -0.2) is 22.7 Å². The second-order valence-electron chi connectivity index (χ2n) is 5.01. The smallest absolute Gasteiger partial charge is 0.262 e. The first-order valence-corrected chi connectivity index (χ1v) is 7.57. The highest BCUT2D eigenvalue weighted by atomic mass is 35.5. The molecule has 0 radical (unpaired) electrons. The third-order valence-corrected chi connectivity index (χ3v) is 3.37. The summed E-state index contributed by atoms with van der Waals surface area (Å²) < 4.78 is 10.5. The molecular weight excluding hydrogens is 330 g/mol. The number of aromatic nitrogens is 2. The lowest BCUT2D eigenvalue weighted by molar-refractivity contribution is -0.118. The highest BCUT2D eigenvalue weighted by Crippen LogP contribution is 2.21. The lowest BCUT2D eigenvalue weighted by Gasteiger charge is -2.08. The van der Waals surface area contributed by atoms with Gasteiger partial charge in [-0.15, -0.1) is 0 Å². The molecule has 0 unspecified atom stereocenters. The summed E-state index contributed by atoms with van der Waals surface area (Å²) in [5.41, 5.74) is 1.41. The first-order chi connectivity index (χ1) is 11.6. The van der Waals surface area contributed by atoms with E-state index < -0.39 is 0 Å². The minimum Gasteiger partial charge on any atom is -0.484 e. The minimum absolute atomic E-state index is 0.114. The van der Waals surface area contributed by atoms with E-state index in [4.69, 9.17) is 20.9 Å². The van der Waals surface area contributed by atoms with Crippen LogP contribution in [0.5, 0.6) is 5.75 Å². The number of nitrogens with one attached hydrogen (secondary N) is 1. The van der Waals surface area contributed by atoms with Crippen molar-refractivity contribution in [1.82, 2.24) is 10.1 Å². The normalized spacial score (nSPS) is 10.4. The van der Waals surface area contributed by atoms with Crippen LogP contribution in [0, 0.1) is 6.92 Å². The molecule has 1 N–H and O–H groups in total. The first-order valence-electron chi connectivity index (χ1n) is 7.19. The molecule has 0 aliphatic rings. The summed E-state index contributed by atoms with van der Waals surface area (Å²) in [4.78, 5) is 16.1. The molecule has 0 atom stereocenters. The van der Waals surface area contributed by atoms with E-state index in [2.05, 4.69) is 15.5 Å². The topological polar surface area (TPSA) is 77.2 Å². The Hall–Kier alpha value is -2.86. The third kappa shape index (κ3) is 4.11. The molecule has 0 fully saturated rings. The van der Waals surface area contributed by atoms with Crippen molar-refractivity contribution >= 4 is 23.2 Å². The molecule has 2 aromatic carbocycles. The molecule has 0 saturated carbocycles. The Bertz CT molecular complexity index is 846. The molecule has 7 heteroatoms. The quantitative estimate of drug-likeness (QED) is 0.764. The van der Waals surface area contributed by atoms with Crippen molar-refractivity contribution in [1.29, 1.82) is 0 Å². The average molecular weight is 344 g/mol. The molecule has 3 aromatic rings. The fourth-order valence-electron chi connectivity index (χ4n) is 2.02. The van der Waals surface area contributed by atoms with Gasteiger partial charge in [0.15, 0.2) is 6.61 Å². The molecular formula is C17H14ClN3O3. The highest BCUT2D eigenvalue weighted by Gasteiger charge is 2.08. The Balaban J connectivity index is 1.60. The van der Waals surface area contributed by atoms with Gasteiger partial charge in [-0.1, -0.05) is 28.9 Å². The first kappa shape index (κ1) is 16.0. The van der Waals surface area contributed by atoms with Gasteiger partial charge < -0.3 is 14.6 Å². The molecule has 0 aliphatic heterocycles. The Morgan fingerprint density at radius 1 is 1.25 bits per heavy atom. The van der Waals surface area contributed by atoms with Crippen LogP contribution >= 0.6 is 11.6 Å². The van der Waals surface area contributed by atoms with Crippen molar-refractivity contribution in [2.24, 2.45) is 0 Å². The van der Waals surface area contributed by atoms with Crippen LogP contribution in [0.4, 0.5) is 5.69 Å². The van der Waals surface area contributed by atoms with Gasteiger partial charge in [-0.05, 0) is 36.4 Å². The largest absolute Gasteiger partial charge is 0.484 e. The Morgan fingerprint density at radius 3 is 2.75 bits per heavy atom. The van der Waals surface area contributed by atoms with Gasteiger partial charge in [-0.3, -0.25) is 4.79 Å². The van der Waals surface area contributed by atoms with Crippen molar-refractivity contribution in [2.45, 2.75) is 6.92 Å². The van der Waals surface area contributed by atoms with E-state index in [1.165, 1.54) is 0 Å². The zero-order valence-electron chi connectivity index (χ0n) is 12.8. The summed E-state index contributed by atoms with van der Waals surface area (Å²) in [6.07, 6.45) is 0. The number of hydrogen-bond acceptors (Lipinski definition) is 5. The van der Waals surface area contributed by atoms with Crippen LogP contribution in [-0.2, 0) is 4.79 Å². The van der Waals surface area contributed by atoms with Crippen molar-refractivity contribution in [2.75, 3.05) is 11.9 Å². The summed E-state index contributed by atoms with van der Waals surface area (Å²) in [5.74, 6) is 1.24. The fraction of sp³-hybridized carbons (Fsp3) is 0.118. The number of anilines is 1. The summed E-state index contributed by atoms with van der Waals surface area (Å²) >= 11 is 5.80. The van der Waals surface area contributed by atoms with Gasteiger partial charge in [0.25, 0.3) is 5.91 Å². The Labute approximate surface area is 143 Å². The number of nitrogens with zero attached hydrogens (tertiary/aromatic N) is 2. The summed E-state index contributed by atoms with van der Waals surface area (Å²) in [7, 11) is 0. The fourth-order valence-corrected chi connectivity index (χ4v) is 2.15. The molecule has 0 saturated heterocycles. The van der Waals surface area contributed by atoms with Gasteiger partial charge in [0, 0.05) is 23.2 Å². The predicted octanol–water partition coefficient (Wildman–Crippen LogP) is 3.72. The molecule has 1 amide bonds. The number of benzene rings is 2. The molecule has 0 bridgehead atoms. The Kier molecular flexibility index (Phi) is 4.77. The summed E-state index contributed by atoms with van der Waals surface area (Å²) in [6.45, 7) is 1.61. The van der Waals surface area contributed by atoms with E-state index in [1.54, 1.807) is 49.4 Å².